The maximum atomic E-state index is 12.7. The molecule has 0 amide bonds. The number of esters is 3. The Morgan fingerprint density at radius 2 is 0.661 bits per heavy atom. The Morgan fingerprint density at radius 3 is 1.03 bits per heavy atom. The topological polar surface area (TPSA) is 78.9 Å². The number of ether oxygens (including phenoxy) is 3. The molecular formula is C53H94O6. The molecule has 0 aliphatic carbocycles. The SMILES string of the molecule is CC/C=C\C/C=C\C/C=C\C/C=C\CCCCCCCCCCC(=O)OCC(COC(=O)CCCCCCCCCCC)OC(=O)CCCCCCCCCCCCC. The third kappa shape index (κ3) is 46.3. The minimum atomic E-state index is -0.769. The molecular weight excluding hydrogens is 733 g/mol. The zero-order valence-electron chi connectivity index (χ0n) is 39.0. The highest BCUT2D eigenvalue weighted by Crippen LogP contribution is 2.15. The van der Waals surface area contributed by atoms with Gasteiger partial charge in [0, 0.05) is 19.3 Å². The minimum Gasteiger partial charge on any atom is -0.462 e. The average molecular weight is 827 g/mol. The molecule has 0 saturated heterocycles. The van der Waals surface area contributed by atoms with E-state index in [4.69, 9.17) is 14.2 Å². The van der Waals surface area contributed by atoms with E-state index >= 15 is 0 Å². The van der Waals surface area contributed by atoms with Crippen molar-refractivity contribution in [2.75, 3.05) is 13.2 Å². The van der Waals surface area contributed by atoms with Gasteiger partial charge < -0.3 is 14.2 Å². The molecule has 0 fully saturated rings. The minimum absolute atomic E-state index is 0.0724. The molecule has 0 aliphatic rings. The van der Waals surface area contributed by atoms with Gasteiger partial charge in [-0.3, -0.25) is 14.4 Å². The van der Waals surface area contributed by atoms with Crippen molar-refractivity contribution in [3.8, 4) is 0 Å². The van der Waals surface area contributed by atoms with Gasteiger partial charge in [0.25, 0.3) is 0 Å². The van der Waals surface area contributed by atoms with Gasteiger partial charge in [-0.25, -0.2) is 0 Å². The number of hydrogen-bond donors (Lipinski definition) is 0. The average Bonchev–Trinajstić information content (AvgIpc) is 3.23. The third-order valence-electron chi connectivity index (χ3n) is 10.8. The number of allylic oxidation sites excluding steroid dienone is 8. The highest BCUT2D eigenvalue weighted by Gasteiger charge is 2.19. The van der Waals surface area contributed by atoms with Crippen LogP contribution >= 0.6 is 0 Å². The molecule has 0 aromatic rings. The van der Waals surface area contributed by atoms with E-state index in [-0.39, 0.29) is 31.1 Å². The van der Waals surface area contributed by atoms with E-state index in [2.05, 4.69) is 69.4 Å². The Labute approximate surface area is 365 Å². The van der Waals surface area contributed by atoms with Crippen LogP contribution in [0.4, 0.5) is 0 Å². The van der Waals surface area contributed by atoms with Crippen LogP contribution in [0, 0.1) is 0 Å². The fourth-order valence-corrected chi connectivity index (χ4v) is 7.08. The van der Waals surface area contributed by atoms with Gasteiger partial charge in [0.05, 0.1) is 0 Å². The van der Waals surface area contributed by atoms with Crippen molar-refractivity contribution in [3.05, 3.63) is 48.6 Å². The second kappa shape index (κ2) is 48.0. The lowest BCUT2D eigenvalue weighted by Crippen LogP contribution is -2.30. The maximum absolute atomic E-state index is 12.7. The summed E-state index contributed by atoms with van der Waals surface area (Å²) < 4.78 is 16.7. The Morgan fingerprint density at radius 1 is 0.356 bits per heavy atom. The normalized spacial score (nSPS) is 12.4. The Bertz CT molecular complexity index is 1040. The summed E-state index contributed by atoms with van der Waals surface area (Å²) in [6, 6.07) is 0. The Kier molecular flexibility index (Phi) is 45.9. The Balaban J connectivity index is 4.25. The molecule has 0 spiro atoms. The van der Waals surface area contributed by atoms with Gasteiger partial charge in [-0.1, -0.05) is 223 Å². The Hall–Kier alpha value is -2.63. The molecule has 0 rings (SSSR count). The van der Waals surface area contributed by atoms with Crippen LogP contribution in [-0.4, -0.2) is 37.2 Å². The summed E-state index contributed by atoms with van der Waals surface area (Å²) in [6.07, 6.45) is 56.7. The third-order valence-corrected chi connectivity index (χ3v) is 10.8. The van der Waals surface area contributed by atoms with Crippen molar-refractivity contribution in [3.63, 3.8) is 0 Å². The van der Waals surface area contributed by atoms with Gasteiger partial charge in [-0.15, -0.1) is 0 Å². The largest absolute Gasteiger partial charge is 0.462 e. The van der Waals surface area contributed by atoms with Gasteiger partial charge >= 0.3 is 17.9 Å². The fraction of sp³-hybridized carbons (Fsp3) is 0.792. The summed E-state index contributed by atoms with van der Waals surface area (Å²) in [5, 5.41) is 0. The van der Waals surface area contributed by atoms with Crippen molar-refractivity contribution in [1.82, 2.24) is 0 Å². The standard InChI is InChI=1S/C53H94O6/c1-4-7-10-13-16-19-21-22-23-24-25-26-27-28-29-30-32-34-37-40-43-46-52(55)58-49-50(48-57-51(54)45-42-39-36-33-18-15-12-9-6-3)59-53(56)47-44-41-38-35-31-20-17-14-11-8-5-2/h7,10,16,19,22-23,25-26,50H,4-6,8-9,11-15,17-18,20-21,24,27-49H2,1-3H3/b10-7-,19-16-,23-22-,26-25-. The van der Waals surface area contributed by atoms with Crippen LogP contribution in [0.2, 0.25) is 0 Å². The number of hydrogen-bond acceptors (Lipinski definition) is 6. The summed E-state index contributed by atoms with van der Waals surface area (Å²) in [4.78, 5) is 37.8. The number of carbonyl (C=O) groups is 3. The molecule has 1 atom stereocenters. The van der Waals surface area contributed by atoms with Crippen molar-refractivity contribution in [1.29, 1.82) is 0 Å². The zero-order valence-corrected chi connectivity index (χ0v) is 39.0. The van der Waals surface area contributed by atoms with E-state index in [0.717, 1.165) is 89.9 Å². The van der Waals surface area contributed by atoms with Gasteiger partial charge in [-0.2, -0.15) is 0 Å². The number of rotatable bonds is 45. The highest BCUT2D eigenvalue weighted by atomic mass is 16.6. The quantitative estimate of drug-likeness (QED) is 0.0263. The van der Waals surface area contributed by atoms with Crippen molar-refractivity contribution in [2.24, 2.45) is 0 Å². The van der Waals surface area contributed by atoms with E-state index in [1.165, 1.54) is 122 Å². The summed E-state index contributed by atoms with van der Waals surface area (Å²) >= 11 is 0. The second-order valence-corrected chi connectivity index (χ2v) is 16.7. The van der Waals surface area contributed by atoms with Crippen LogP contribution in [0.15, 0.2) is 48.6 Å². The van der Waals surface area contributed by atoms with Gasteiger partial charge in [0.1, 0.15) is 13.2 Å². The van der Waals surface area contributed by atoms with Crippen LogP contribution in [0.5, 0.6) is 0 Å². The zero-order chi connectivity index (χ0) is 43.0. The molecule has 0 aromatic heterocycles. The van der Waals surface area contributed by atoms with Gasteiger partial charge in [0.15, 0.2) is 6.10 Å². The fourth-order valence-electron chi connectivity index (χ4n) is 7.08. The number of unbranched alkanes of at least 4 members (excludes halogenated alkanes) is 26. The molecule has 0 aromatic carbocycles. The van der Waals surface area contributed by atoms with E-state index in [9.17, 15) is 14.4 Å². The molecule has 0 saturated carbocycles. The first kappa shape index (κ1) is 56.4. The van der Waals surface area contributed by atoms with Crippen LogP contribution in [-0.2, 0) is 28.6 Å². The molecule has 59 heavy (non-hydrogen) atoms. The molecule has 6 nitrogen and oxygen atoms in total. The predicted molar refractivity (Wildman–Crippen MR) is 252 cm³/mol. The maximum Gasteiger partial charge on any atom is 0.306 e. The first-order valence-corrected chi connectivity index (χ1v) is 25.1. The molecule has 1 unspecified atom stereocenters. The van der Waals surface area contributed by atoms with E-state index in [0.29, 0.717) is 19.3 Å². The van der Waals surface area contributed by atoms with Crippen molar-refractivity contribution >= 4 is 17.9 Å². The molecule has 6 heteroatoms. The summed E-state index contributed by atoms with van der Waals surface area (Å²) in [6.45, 7) is 6.50. The van der Waals surface area contributed by atoms with Crippen LogP contribution in [0.25, 0.3) is 0 Å². The lowest BCUT2D eigenvalue weighted by atomic mass is 10.1. The van der Waals surface area contributed by atoms with Crippen molar-refractivity contribution < 1.29 is 28.6 Å². The van der Waals surface area contributed by atoms with Gasteiger partial charge in [0.2, 0.25) is 0 Å². The van der Waals surface area contributed by atoms with E-state index in [1.807, 2.05) is 0 Å². The summed E-state index contributed by atoms with van der Waals surface area (Å²) in [5.74, 6) is -0.878. The molecule has 0 radical (unpaired) electrons. The van der Waals surface area contributed by atoms with Crippen LogP contribution in [0.3, 0.4) is 0 Å². The number of carbonyl (C=O) groups excluding carboxylic acids is 3. The molecule has 0 N–H and O–H groups in total. The van der Waals surface area contributed by atoms with Crippen molar-refractivity contribution in [2.45, 2.75) is 258 Å². The van der Waals surface area contributed by atoms with E-state index in [1.54, 1.807) is 0 Å². The molecule has 0 bridgehead atoms. The van der Waals surface area contributed by atoms with Gasteiger partial charge in [-0.05, 0) is 57.8 Å². The lowest BCUT2D eigenvalue weighted by Gasteiger charge is -2.18. The molecule has 342 valence electrons. The molecule has 0 heterocycles. The highest BCUT2D eigenvalue weighted by molar-refractivity contribution is 5.71. The first-order chi connectivity index (χ1) is 29.0. The van der Waals surface area contributed by atoms with E-state index < -0.39 is 6.10 Å². The summed E-state index contributed by atoms with van der Waals surface area (Å²) in [5.41, 5.74) is 0. The predicted octanol–water partition coefficient (Wildman–Crippen LogP) is 16.3. The van der Waals surface area contributed by atoms with Crippen LogP contribution in [0.1, 0.15) is 252 Å². The first-order valence-electron chi connectivity index (χ1n) is 25.1. The lowest BCUT2D eigenvalue weighted by molar-refractivity contribution is -0.167. The second-order valence-electron chi connectivity index (χ2n) is 16.7. The monoisotopic (exact) mass is 827 g/mol. The summed E-state index contributed by atoms with van der Waals surface area (Å²) in [7, 11) is 0. The van der Waals surface area contributed by atoms with Crippen LogP contribution < -0.4 is 0 Å². The smallest absolute Gasteiger partial charge is 0.306 e. The molecule has 0 aliphatic heterocycles.